The number of rotatable bonds is 5. The van der Waals surface area contributed by atoms with Crippen LogP contribution in [0.25, 0.3) is 0 Å². The predicted molar refractivity (Wildman–Crippen MR) is 109 cm³/mol. The van der Waals surface area contributed by atoms with Crippen LogP contribution in [0.4, 0.5) is 11.4 Å². The number of anilines is 2. The van der Waals surface area contributed by atoms with Gasteiger partial charge in [-0.3, -0.25) is 4.72 Å². The molecule has 0 unspecified atom stereocenters. The van der Waals surface area contributed by atoms with Gasteiger partial charge >= 0.3 is 0 Å². The maximum atomic E-state index is 12.8. The van der Waals surface area contributed by atoms with E-state index in [1.807, 2.05) is 12.1 Å². The number of halogens is 2. The third kappa shape index (κ3) is 4.94. The van der Waals surface area contributed by atoms with Crippen molar-refractivity contribution in [3.63, 3.8) is 0 Å². The maximum Gasteiger partial charge on any atom is 0.265 e. The molecule has 26 heavy (non-hydrogen) atoms. The normalized spacial score (nSPS) is 13.0. The molecule has 9 heteroatoms. The second-order valence-electron chi connectivity index (χ2n) is 5.65. The predicted octanol–water partition coefficient (Wildman–Crippen LogP) is 2.96. The Morgan fingerprint density at radius 3 is 2.65 bits per heavy atom. The molecule has 0 fully saturated rings. The molecular formula is C17H23Cl2N3O3S. The van der Waals surface area contributed by atoms with Crippen molar-refractivity contribution in [2.75, 3.05) is 23.6 Å². The van der Waals surface area contributed by atoms with Gasteiger partial charge < -0.3 is 15.8 Å². The number of hydrogen-bond donors (Lipinski definition) is 3. The monoisotopic (exact) mass is 419 g/mol. The Morgan fingerprint density at radius 1 is 1.15 bits per heavy atom. The van der Waals surface area contributed by atoms with Crippen molar-refractivity contribution in [1.29, 1.82) is 0 Å². The summed E-state index contributed by atoms with van der Waals surface area (Å²) in [6, 6.07) is 10.2. The summed E-state index contributed by atoms with van der Waals surface area (Å²) in [5, 5.41) is 3.29. The number of hydrogen-bond acceptors (Lipinski definition) is 5. The molecule has 3 rings (SSSR count). The molecule has 0 spiro atoms. The van der Waals surface area contributed by atoms with Crippen LogP contribution in [0, 0.1) is 0 Å². The molecule has 144 valence electrons. The van der Waals surface area contributed by atoms with Crippen molar-refractivity contribution in [1.82, 2.24) is 5.32 Å². The van der Waals surface area contributed by atoms with Gasteiger partial charge in [-0.05, 0) is 61.3 Å². The maximum absolute atomic E-state index is 12.8. The lowest BCUT2D eigenvalue weighted by atomic mass is 10.0. The lowest BCUT2D eigenvalue weighted by Gasteiger charge is -2.19. The van der Waals surface area contributed by atoms with Gasteiger partial charge in [-0.1, -0.05) is 6.07 Å². The van der Waals surface area contributed by atoms with E-state index in [0.717, 1.165) is 25.1 Å². The summed E-state index contributed by atoms with van der Waals surface area (Å²) >= 11 is 0. The molecule has 0 bridgehead atoms. The Labute approximate surface area is 166 Å². The molecule has 2 aromatic carbocycles. The van der Waals surface area contributed by atoms with Crippen LogP contribution in [0.5, 0.6) is 5.75 Å². The summed E-state index contributed by atoms with van der Waals surface area (Å²) in [4.78, 5) is 0.0451. The SMILES string of the molecule is CCOc1ccc(N)cc1S(=O)(=O)Nc1ccc2c(c1)CCNC2.Cl.Cl. The molecule has 0 saturated heterocycles. The van der Waals surface area contributed by atoms with Crippen molar-refractivity contribution in [3.8, 4) is 5.75 Å². The summed E-state index contributed by atoms with van der Waals surface area (Å²) < 4.78 is 33.6. The van der Waals surface area contributed by atoms with Crippen LogP contribution in [-0.4, -0.2) is 21.6 Å². The van der Waals surface area contributed by atoms with Gasteiger partial charge in [0.25, 0.3) is 10.0 Å². The van der Waals surface area contributed by atoms with Crippen molar-refractivity contribution in [2.24, 2.45) is 0 Å². The van der Waals surface area contributed by atoms with Gasteiger partial charge in [-0.15, -0.1) is 24.8 Å². The van der Waals surface area contributed by atoms with Crippen LogP contribution in [0.2, 0.25) is 0 Å². The number of ether oxygens (including phenoxy) is 1. The highest BCUT2D eigenvalue weighted by molar-refractivity contribution is 7.92. The Balaban J connectivity index is 0.00000169. The molecule has 0 amide bonds. The summed E-state index contributed by atoms with van der Waals surface area (Å²) in [6.45, 7) is 3.88. The summed E-state index contributed by atoms with van der Waals surface area (Å²) in [5.74, 6) is 0.293. The van der Waals surface area contributed by atoms with E-state index in [-0.39, 0.29) is 29.7 Å². The highest BCUT2D eigenvalue weighted by Crippen LogP contribution is 2.29. The number of sulfonamides is 1. The van der Waals surface area contributed by atoms with Crippen molar-refractivity contribution >= 4 is 46.2 Å². The summed E-state index contributed by atoms with van der Waals surface area (Å²) in [5.41, 5.74) is 9.02. The first kappa shape index (κ1) is 22.4. The largest absolute Gasteiger partial charge is 0.492 e. The lowest BCUT2D eigenvalue weighted by molar-refractivity contribution is 0.331. The Morgan fingerprint density at radius 2 is 1.92 bits per heavy atom. The molecule has 6 nitrogen and oxygen atoms in total. The van der Waals surface area contributed by atoms with Gasteiger partial charge in [0.15, 0.2) is 0 Å². The van der Waals surface area contributed by atoms with E-state index in [2.05, 4.69) is 10.0 Å². The number of fused-ring (bicyclic) bond motifs is 1. The summed E-state index contributed by atoms with van der Waals surface area (Å²) in [7, 11) is -3.79. The number of nitrogen functional groups attached to an aromatic ring is 1. The van der Waals surface area contributed by atoms with E-state index in [1.165, 1.54) is 11.6 Å². The Kier molecular flexibility index (Phi) is 8.02. The fraction of sp³-hybridized carbons (Fsp3) is 0.294. The molecule has 1 aliphatic rings. The first-order valence-corrected chi connectivity index (χ1v) is 9.35. The lowest BCUT2D eigenvalue weighted by Crippen LogP contribution is -2.23. The minimum Gasteiger partial charge on any atom is -0.492 e. The Hall–Kier alpha value is -1.67. The zero-order valence-corrected chi connectivity index (χ0v) is 16.8. The van der Waals surface area contributed by atoms with Crippen molar-refractivity contribution in [2.45, 2.75) is 24.8 Å². The molecule has 0 aromatic heterocycles. The highest BCUT2D eigenvalue weighted by atomic mass is 35.5. The van der Waals surface area contributed by atoms with E-state index in [9.17, 15) is 8.42 Å². The zero-order chi connectivity index (χ0) is 17.2. The summed E-state index contributed by atoms with van der Waals surface area (Å²) in [6.07, 6.45) is 0.882. The van der Waals surface area contributed by atoms with Gasteiger partial charge in [-0.2, -0.15) is 0 Å². The molecule has 4 N–H and O–H groups in total. The van der Waals surface area contributed by atoms with Gasteiger partial charge in [0.1, 0.15) is 10.6 Å². The van der Waals surface area contributed by atoms with Crippen LogP contribution in [0.1, 0.15) is 18.1 Å². The topological polar surface area (TPSA) is 93.5 Å². The quantitative estimate of drug-likeness (QED) is 0.647. The van der Waals surface area contributed by atoms with E-state index in [1.54, 1.807) is 25.1 Å². The van der Waals surface area contributed by atoms with Crippen molar-refractivity contribution < 1.29 is 13.2 Å². The Bertz CT molecular complexity index is 860. The second kappa shape index (κ2) is 9.32. The first-order valence-electron chi connectivity index (χ1n) is 7.87. The standard InChI is InChI=1S/C17H21N3O3S.2ClH/c1-2-23-16-6-4-14(18)10-17(16)24(21,22)20-15-5-3-13-11-19-8-7-12(13)9-15;;/h3-6,9-10,19-20H,2,7-8,11,18H2,1H3;2*1H. The third-order valence-corrected chi connectivity index (χ3v) is 5.30. The molecule has 0 saturated carbocycles. The average Bonchev–Trinajstić information content (AvgIpc) is 2.56. The fourth-order valence-corrected chi connectivity index (χ4v) is 3.99. The molecule has 0 atom stereocenters. The third-order valence-electron chi connectivity index (χ3n) is 3.90. The van der Waals surface area contributed by atoms with Gasteiger partial charge in [-0.25, -0.2) is 8.42 Å². The molecular weight excluding hydrogens is 397 g/mol. The number of nitrogens with one attached hydrogen (secondary N) is 2. The van der Waals surface area contributed by atoms with Crippen LogP contribution >= 0.6 is 24.8 Å². The second-order valence-corrected chi connectivity index (χ2v) is 7.31. The van der Waals surface area contributed by atoms with Crippen LogP contribution in [0.15, 0.2) is 41.3 Å². The van der Waals surface area contributed by atoms with E-state index in [0.29, 0.717) is 23.7 Å². The van der Waals surface area contributed by atoms with Gasteiger partial charge in [0.2, 0.25) is 0 Å². The number of benzene rings is 2. The van der Waals surface area contributed by atoms with Crippen molar-refractivity contribution in [3.05, 3.63) is 47.5 Å². The minimum absolute atomic E-state index is 0. The van der Waals surface area contributed by atoms with E-state index >= 15 is 0 Å². The molecule has 0 radical (unpaired) electrons. The van der Waals surface area contributed by atoms with Crippen LogP contribution < -0.4 is 20.5 Å². The zero-order valence-electron chi connectivity index (χ0n) is 14.3. The molecule has 2 aromatic rings. The molecule has 1 aliphatic heterocycles. The smallest absolute Gasteiger partial charge is 0.265 e. The number of nitrogens with two attached hydrogens (primary N) is 1. The highest BCUT2D eigenvalue weighted by Gasteiger charge is 2.21. The average molecular weight is 420 g/mol. The van der Waals surface area contributed by atoms with Gasteiger partial charge in [0.05, 0.1) is 6.61 Å². The molecule has 0 aliphatic carbocycles. The van der Waals surface area contributed by atoms with E-state index in [4.69, 9.17) is 10.5 Å². The molecule has 1 heterocycles. The first-order chi connectivity index (χ1) is 11.5. The minimum atomic E-state index is -3.79. The fourth-order valence-electron chi connectivity index (χ4n) is 2.76. The van der Waals surface area contributed by atoms with Crippen LogP contribution in [-0.2, 0) is 23.0 Å². The van der Waals surface area contributed by atoms with E-state index < -0.39 is 10.0 Å². The van der Waals surface area contributed by atoms with Gasteiger partial charge in [0, 0.05) is 17.9 Å². The van der Waals surface area contributed by atoms with Crippen LogP contribution in [0.3, 0.4) is 0 Å².